The molecular formula is C24H25F2N3O2. The standard InChI is InChI=1S/C24H25F2N3O2/c1-6-11-27-24(29-19-8-7-18(14-30)15(2)12-19)17(4)28-13-16(3)20-9-10-21(31-5)23(26)22(20)25/h6-14H,1-5H3,(H,27,29)/b11-6-,16-13+,28-17+. The summed E-state index contributed by atoms with van der Waals surface area (Å²) >= 11 is 0. The molecule has 31 heavy (non-hydrogen) atoms. The first-order chi connectivity index (χ1) is 14.8. The first-order valence-corrected chi connectivity index (χ1v) is 9.58. The fourth-order valence-corrected chi connectivity index (χ4v) is 2.71. The highest BCUT2D eigenvalue weighted by Gasteiger charge is 2.15. The number of ether oxygens (including phenoxy) is 1. The molecule has 0 aliphatic heterocycles. The smallest absolute Gasteiger partial charge is 0.201 e. The summed E-state index contributed by atoms with van der Waals surface area (Å²) in [5.74, 6) is -1.72. The number of nitrogens with zero attached hydrogens (tertiary/aromatic N) is 2. The van der Waals surface area contributed by atoms with Crippen molar-refractivity contribution < 1.29 is 18.3 Å². The van der Waals surface area contributed by atoms with E-state index in [1.54, 1.807) is 38.3 Å². The summed E-state index contributed by atoms with van der Waals surface area (Å²) in [5.41, 5.74) is 3.24. The van der Waals surface area contributed by atoms with Gasteiger partial charge in [0.25, 0.3) is 0 Å². The van der Waals surface area contributed by atoms with Gasteiger partial charge < -0.3 is 10.1 Å². The van der Waals surface area contributed by atoms with Gasteiger partial charge >= 0.3 is 0 Å². The number of halogens is 2. The monoisotopic (exact) mass is 425 g/mol. The molecule has 0 bridgehead atoms. The van der Waals surface area contributed by atoms with Gasteiger partial charge in [-0.2, -0.15) is 4.39 Å². The summed E-state index contributed by atoms with van der Waals surface area (Å²) in [6, 6.07) is 8.13. The summed E-state index contributed by atoms with van der Waals surface area (Å²) < 4.78 is 33.1. The molecule has 0 atom stereocenters. The lowest BCUT2D eigenvalue weighted by molar-refractivity contribution is 0.112. The van der Waals surface area contributed by atoms with Crippen molar-refractivity contribution in [1.29, 1.82) is 0 Å². The van der Waals surface area contributed by atoms with Crippen LogP contribution in [0.15, 0.2) is 58.8 Å². The van der Waals surface area contributed by atoms with E-state index < -0.39 is 11.6 Å². The Hall–Kier alpha value is -3.61. The number of anilines is 1. The number of carbonyl (C=O) groups excluding carboxylic acids is 1. The number of aldehydes is 1. The van der Waals surface area contributed by atoms with Gasteiger partial charge in [0.05, 0.1) is 12.8 Å². The number of hydrogen-bond donors (Lipinski definition) is 1. The average Bonchev–Trinajstić information content (AvgIpc) is 2.76. The molecule has 5 nitrogen and oxygen atoms in total. The second-order valence-corrected chi connectivity index (χ2v) is 6.74. The van der Waals surface area contributed by atoms with Crippen molar-refractivity contribution >= 4 is 29.1 Å². The van der Waals surface area contributed by atoms with E-state index in [1.807, 2.05) is 19.9 Å². The Bertz CT molecular complexity index is 1090. The van der Waals surface area contributed by atoms with Crippen molar-refractivity contribution in [2.75, 3.05) is 12.4 Å². The van der Waals surface area contributed by atoms with Crippen molar-refractivity contribution in [2.45, 2.75) is 27.7 Å². The predicted molar refractivity (Wildman–Crippen MR) is 122 cm³/mol. The quantitative estimate of drug-likeness (QED) is 0.338. The molecule has 2 aromatic rings. The molecule has 2 aromatic carbocycles. The van der Waals surface area contributed by atoms with Gasteiger partial charge in [0.1, 0.15) is 6.29 Å². The number of rotatable bonds is 7. The van der Waals surface area contributed by atoms with Crippen molar-refractivity contribution in [2.24, 2.45) is 9.98 Å². The number of amidine groups is 1. The summed E-state index contributed by atoms with van der Waals surface area (Å²) in [6.45, 7) is 7.06. The van der Waals surface area contributed by atoms with Crippen LogP contribution in [0, 0.1) is 18.6 Å². The summed E-state index contributed by atoms with van der Waals surface area (Å²) in [7, 11) is 1.28. The van der Waals surface area contributed by atoms with Crippen LogP contribution in [0.5, 0.6) is 5.75 Å². The Morgan fingerprint density at radius 2 is 1.84 bits per heavy atom. The highest BCUT2D eigenvalue weighted by Crippen LogP contribution is 2.26. The molecule has 0 aliphatic carbocycles. The van der Waals surface area contributed by atoms with E-state index >= 15 is 0 Å². The Balaban J connectivity index is 2.35. The number of carbonyl (C=O) groups is 1. The van der Waals surface area contributed by atoms with Gasteiger partial charge in [0.15, 0.2) is 17.4 Å². The minimum absolute atomic E-state index is 0.0924. The van der Waals surface area contributed by atoms with Gasteiger partial charge in [0.2, 0.25) is 5.82 Å². The third kappa shape index (κ3) is 5.94. The van der Waals surface area contributed by atoms with E-state index in [4.69, 9.17) is 4.74 Å². The van der Waals surface area contributed by atoms with Crippen molar-refractivity contribution in [1.82, 2.24) is 0 Å². The zero-order valence-corrected chi connectivity index (χ0v) is 18.2. The van der Waals surface area contributed by atoms with Crippen LogP contribution in [0.1, 0.15) is 42.3 Å². The van der Waals surface area contributed by atoms with Crippen LogP contribution >= 0.6 is 0 Å². The molecular weight excluding hydrogens is 400 g/mol. The number of hydrogen-bond acceptors (Lipinski definition) is 4. The summed E-state index contributed by atoms with van der Waals surface area (Å²) in [5, 5.41) is 3.18. The fourth-order valence-electron chi connectivity index (χ4n) is 2.71. The third-order valence-electron chi connectivity index (χ3n) is 4.50. The predicted octanol–water partition coefficient (Wildman–Crippen LogP) is 5.96. The van der Waals surface area contributed by atoms with E-state index in [2.05, 4.69) is 15.3 Å². The van der Waals surface area contributed by atoms with Crippen molar-refractivity contribution in [3.8, 4) is 5.75 Å². The molecule has 0 aromatic heterocycles. The van der Waals surface area contributed by atoms with E-state index in [0.29, 0.717) is 22.7 Å². The Morgan fingerprint density at radius 1 is 1.10 bits per heavy atom. The normalized spacial score (nSPS) is 12.9. The third-order valence-corrected chi connectivity index (χ3v) is 4.50. The van der Waals surface area contributed by atoms with Gasteiger partial charge in [-0.3, -0.25) is 9.79 Å². The molecule has 0 spiro atoms. The van der Waals surface area contributed by atoms with Crippen LogP contribution < -0.4 is 10.1 Å². The maximum absolute atomic E-state index is 14.3. The maximum Gasteiger partial charge on any atom is 0.201 e. The topological polar surface area (TPSA) is 63.0 Å². The van der Waals surface area contributed by atoms with Gasteiger partial charge in [-0.25, -0.2) is 9.38 Å². The maximum atomic E-state index is 14.3. The molecule has 0 amide bonds. The van der Waals surface area contributed by atoms with Gasteiger partial charge in [-0.15, -0.1) is 0 Å². The molecule has 0 saturated carbocycles. The molecule has 0 saturated heterocycles. The molecule has 162 valence electrons. The highest BCUT2D eigenvalue weighted by molar-refractivity contribution is 6.45. The number of aryl methyl sites for hydroxylation is 1. The first-order valence-electron chi connectivity index (χ1n) is 9.58. The zero-order chi connectivity index (χ0) is 23.0. The lowest BCUT2D eigenvalue weighted by atomic mass is 10.1. The minimum Gasteiger partial charge on any atom is -0.494 e. The van der Waals surface area contributed by atoms with Crippen molar-refractivity contribution in [3.63, 3.8) is 0 Å². The van der Waals surface area contributed by atoms with Crippen LogP contribution in [0.3, 0.4) is 0 Å². The van der Waals surface area contributed by atoms with Crippen LogP contribution in [0.2, 0.25) is 0 Å². The largest absolute Gasteiger partial charge is 0.494 e. The Morgan fingerprint density at radius 3 is 2.45 bits per heavy atom. The molecule has 0 unspecified atom stereocenters. The molecule has 0 heterocycles. The Kier molecular flexibility index (Phi) is 8.37. The number of methoxy groups -OCH3 is 1. The average molecular weight is 425 g/mol. The SMILES string of the molecule is C\C=C/N=C(Nc1ccc(C=O)c(C)c1)\C(C)=N\C=C(/C)c1ccc(OC)c(F)c1F. The minimum atomic E-state index is -1.04. The lowest BCUT2D eigenvalue weighted by Gasteiger charge is -2.11. The zero-order valence-electron chi connectivity index (χ0n) is 18.2. The van der Waals surface area contributed by atoms with Gasteiger partial charge in [-0.05, 0) is 69.2 Å². The molecule has 0 aliphatic rings. The fraction of sp³-hybridized carbons (Fsp3) is 0.208. The molecule has 2 rings (SSSR count). The van der Waals surface area contributed by atoms with Crippen LogP contribution in [0.25, 0.3) is 5.57 Å². The number of aliphatic imine (C=N–C) groups is 2. The van der Waals surface area contributed by atoms with E-state index in [1.165, 1.54) is 25.4 Å². The molecule has 1 N–H and O–H groups in total. The first kappa shape index (κ1) is 23.7. The van der Waals surface area contributed by atoms with E-state index in [0.717, 1.165) is 17.5 Å². The summed E-state index contributed by atoms with van der Waals surface area (Å²) in [6.07, 6.45) is 5.64. The van der Waals surface area contributed by atoms with Crippen molar-refractivity contribution in [3.05, 3.63) is 77.1 Å². The number of allylic oxidation sites excluding steroid dienone is 2. The Labute approximate surface area is 180 Å². The van der Waals surface area contributed by atoms with Crippen LogP contribution in [-0.4, -0.2) is 24.9 Å². The highest BCUT2D eigenvalue weighted by atomic mass is 19.2. The second-order valence-electron chi connectivity index (χ2n) is 6.74. The van der Waals surface area contributed by atoms with Crippen LogP contribution in [-0.2, 0) is 0 Å². The van der Waals surface area contributed by atoms with Gasteiger partial charge in [0, 0.05) is 29.2 Å². The number of nitrogens with one attached hydrogen (secondary N) is 1. The lowest BCUT2D eigenvalue weighted by Crippen LogP contribution is -2.20. The van der Waals surface area contributed by atoms with Crippen LogP contribution in [0.4, 0.5) is 14.5 Å². The molecule has 0 radical (unpaired) electrons. The van der Waals surface area contributed by atoms with E-state index in [-0.39, 0.29) is 11.3 Å². The molecule has 7 heteroatoms. The van der Waals surface area contributed by atoms with Gasteiger partial charge in [-0.1, -0.05) is 6.08 Å². The summed E-state index contributed by atoms with van der Waals surface area (Å²) in [4.78, 5) is 19.8. The van der Waals surface area contributed by atoms with E-state index in [9.17, 15) is 13.6 Å². The molecule has 0 fully saturated rings. The second kappa shape index (κ2) is 11.0. The number of benzene rings is 2.